The number of rotatable bonds is 2. The average molecular weight is 288 g/mol. The molecule has 0 radical (unpaired) electrons. The van der Waals surface area contributed by atoms with E-state index >= 15 is 0 Å². The van der Waals surface area contributed by atoms with Crippen molar-refractivity contribution in [2.24, 2.45) is 0 Å². The SMILES string of the molecule is COc1cccc(-c2[nH]c(C(C)(C)C)nc(=S)c2C)c1. The quantitative estimate of drug-likeness (QED) is 0.831. The van der Waals surface area contributed by atoms with Gasteiger partial charge in [-0.1, -0.05) is 45.1 Å². The molecule has 0 atom stereocenters. The lowest BCUT2D eigenvalue weighted by atomic mass is 9.95. The van der Waals surface area contributed by atoms with E-state index in [0.29, 0.717) is 4.64 Å². The summed E-state index contributed by atoms with van der Waals surface area (Å²) in [7, 11) is 1.67. The summed E-state index contributed by atoms with van der Waals surface area (Å²) < 4.78 is 5.93. The Morgan fingerprint density at radius 3 is 2.55 bits per heavy atom. The number of ether oxygens (including phenoxy) is 1. The van der Waals surface area contributed by atoms with Crippen LogP contribution in [0.3, 0.4) is 0 Å². The number of methoxy groups -OCH3 is 1. The predicted molar refractivity (Wildman–Crippen MR) is 84.8 cm³/mol. The Kier molecular flexibility index (Phi) is 3.95. The van der Waals surface area contributed by atoms with E-state index in [2.05, 4.69) is 30.7 Å². The number of hydrogen-bond donors (Lipinski definition) is 1. The third-order valence-electron chi connectivity index (χ3n) is 3.22. The molecule has 2 rings (SSSR count). The van der Waals surface area contributed by atoms with Crippen molar-refractivity contribution in [3.63, 3.8) is 0 Å². The number of benzene rings is 1. The van der Waals surface area contributed by atoms with Crippen molar-refractivity contribution in [3.8, 4) is 17.0 Å². The maximum Gasteiger partial charge on any atom is 0.133 e. The lowest BCUT2D eigenvalue weighted by Crippen LogP contribution is -2.17. The molecular weight excluding hydrogens is 268 g/mol. The van der Waals surface area contributed by atoms with Gasteiger partial charge in [-0.15, -0.1) is 0 Å². The number of H-pyrrole nitrogens is 1. The molecule has 2 aromatic rings. The lowest BCUT2D eigenvalue weighted by Gasteiger charge is -2.20. The van der Waals surface area contributed by atoms with Gasteiger partial charge in [0.1, 0.15) is 16.2 Å². The Balaban J connectivity index is 2.66. The molecule has 0 unspecified atom stereocenters. The Morgan fingerprint density at radius 1 is 1.25 bits per heavy atom. The second-order valence-electron chi connectivity index (χ2n) is 5.87. The van der Waals surface area contributed by atoms with E-state index in [9.17, 15) is 0 Å². The Bertz CT molecular complexity index is 684. The van der Waals surface area contributed by atoms with E-state index < -0.39 is 0 Å². The van der Waals surface area contributed by atoms with Gasteiger partial charge in [0.25, 0.3) is 0 Å². The van der Waals surface area contributed by atoms with Crippen LogP contribution >= 0.6 is 12.2 Å². The van der Waals surface area contributed by atoms with E-state index in [0.717, 1.165) is 28.4 Å². The van der Waals surface area contributed by atoms with Gasteiger partial charge in [0.15, 0.2) is 0 Å². The first kappa shape index (κ1) is 14.7. The van der Waals surface area contributed by atoms with Crippen molar-refractivity contribution in [2.45, 2.75) is 33.1 Å². The minimum Gasteiger partial charge on any atom is -0.497 e. The van der Waals surface area contributed by atoms with Crippen LogP contribution in [0.1, 0.15) is 32.2 Å². The van der Waals surface area contributed by atoms with Crippen LogP contribution in [0.4, 0.5) is 0 Å². The van der Waals surface area contributed by atoms with Crippen LogP contribution in [-0.2, 0) is 5.41 Å². The largest absolute Gasteiger partial charge is 0.497 e. The van der Waals surface area contributed by atoms with Gasteiger partial charge < -0.3 is 9.72 Å². The Labute approximate surface area is 125 Å². The topological polar surface area (TPSA) is 37.9 Å². The normalized spacial score (nSPS) is 11.4. The molecule has 0 saturated carbocycles. The first-order valence-electron chi connectivity index (χ1n) is 6.59. The van der Waals surface area contributed by atoms with Gasteiger partial charge in [0.2, 0.25) is 0 Å². The molecule has 0 aliphatic heterocycles. The molecule has 1 heterocycles. The Hall–Kier alpha value is -1.68. The monoisotopic (exact) mass is 288 g/mol. The molecule has 20 heavy (non-hydrogen) atoms. The molecule has 1 aromatic carbocycles. The van der Waals surface area contributed by atoms with Gasteiger partial charge in [0.05, 0.1) is 12.8 Å². The summed E-state index contributed by atoms with van der Waals surface area (Å²) in [5, 5.41) is 0. The highest BCUT2D eigenvalue weighted by Crippen LogP contribution is 2.28. The molecule has 0 amide bonds. The number of nitrogens with one attached hydrogen (secondary N) is 1. The van der Waals surface area contributed by atoms with E-state index in [1.54, 1.807) is 7.11 Å². The maximum absolute atomic E-state index is 5.40. The molecule has 1 N–H and O–H groups in total. The van der Waals surface area contributed by atoms with Gasteiger partial charge in [-0.25, -0.2) is 4.98 Å². The van der Waals surface area contributed by atoms with E-state index in [-0.39, 0.29) is 5.41 Å². The summed E-state index contributed by atoms with van der Waals surface area (Å²) in [5.74, 6) is 1.72. The van der Waals surface area contributed by atoms with Crippen LogP contribution in [0.15, 0.2) is 24.3 Å². The zero-order valence-corrected chi connectivity index (χ0v) is 13.4. The van der Waals surface area contributed by atoms with Crippen LogP contribution < -0.4 is 4.74 Å². The van der Waals surface area contributed by atoms with Crippen molar-refractivity contribution in [1.82, 2.24) is 9.97 Å². The van der Waals surface area contributed by atoms with Crippen molar-refractivity contribution in [3.05, 3.63) is 40.3 Å². The second-order valence-corrected chi connectivity index (χ2v) is 6.26. The molecular formula is C16H20N2OS. The first-order valence-corrected chi connectivity index (χ1v) is 6.99. The number of nitrogens with zero attached hydrogens (tertiary/aromatic N) is 1. The first-order chi connectivity index (χ1) is 9.32. The number of aromatic amines is 1. The minimum atomic E-state index is -0.0745. The second kappa shape index (κ2) is 5.37. The van der Waals surface area contributed by atoms with Crippen molar-refractivity contribution in [2.75, 3.05) is 7.11 Å². The summed E-state index contributed by atoms with van der Waals surface area (Å²) >= 11 is 5.40. The van der Waals surface area contributed by atoms with E-state index in [4.69, 9.17) is 17.0 Å². The van der Waals surface area contributed by atoms with Crippen LogP contribution in [0.5, 0.6) is 5.75 Å². The standard InChI is InChI=1S/C16H20N2OS/c1-10-13(11-7-6-8-12(9-11)19-5)17-15(16(2,3)4)18-14(10)20/h6-9H,1-5H3,(H,17,18,20). The van der Waals surface area contributed by atoms with Crippen LogP contribution in [0.25, 0.3) is 11.3 Å². The summed E-state index contributed by atoms with van der Waals surface area (Å²) in [5.41, 5.74) is 2.98. The van der Waals surface area contributed by atoms with Crippen molar-refractivity contribution in [1.29, 1.82) is 0 Å². The lowest BCUT2D eigenvalue weighted by molar-refractivity contribution is 0.415. The molecule has 3 nitrogen and oxygen atoms in total. The molecule has 0 aliphatic rings. The fourth-order valence-corrected chi connectivity index (χ4v) is 2.15. The molecule has 0 bridgehead atoms. The van der Waals surface area contributed by atoms with Gasteiger partial charge >= 0.3 is 0 Å². The molecule has 0 spiro atoms. The molecule has 1 aromatic heterocycles. The highest BCUT2D eigenvalue weighted by Gasteiger charge is 2.18. The minimum absolute atomic E-state index is 0.0745. The summed E-state index contributed by atoms with van der Waals surface area (Å²) in [6, 6.07) is 7.95. The molecule has 0 aliphatic carbocycles. The molecule has 0 saturated heterocycles. The Morgan fingerprint density at radius 2 is 1.95 bits per heavy atom. The number of aromatic nitrogens is 2. The molecule has 106 valence electrons. The van der Waals surface area contributed by atoms with E-state index in [1.807, 2.05) is 31.2 Å². The van der Waals surface area contributed by atoms with Crippen LogP contribution in [0.2, 0.25) is 0 Å². The van der Waals surface area contributed by atoms with E-state index in [1.165, 1.54) is 0 Å². The zero-order chi connectivity index (χ0) is 14.9. The summed E-state index contributed by atoms with van der Waals surface area (Å²) in [4.78, 5) is 7.93. The fourth-order valence-electron chi connectivity index (χ4n) is 1.95. The third kappa shape index (κ3) is 2.90. The highest BCUT2D eigenvalue weighted by molar-refractivity contribution is 7.71. The fraction of sp³-hybridized carbons (Fsp3) is 0.375. The van der Waals surface area contributed by atoms with Crippen molar-refractivity contribution >= 4 is 12.2 Å². The zero-order valence-electron chi connectivity index (χ0n) is 12.6. The molecule has 0 fully saturated rings. The van der Waals surface area contributed by atoms with Gasteiger partial charge in [-0.3, -0.25) is 0 Å². The van der Waals surface area contributed by atoms with Gasteiger partial charge in [0, 0.05) is 16.5 Å². The van der Waals surface area contributed by atoms with Crippen molar-refractivity contribution < 1.29 is 4.74 Å². The number of hydrogen-bond acceptors (Lipinski definition) is 3. The van der Waals surface area contributed by atoms with Crippen LogP contribution in [-0.4, -0.2) is 17.1 Å². The van der Waals surface area contributed by atoms with Gasteiger partial charge in [-0.05, 0) is 19.1 Å². The summed E-state index contributed by atoms with van der Waals surface area (Å²) in [6.07, 6.45) is 0. The smallest absolute Gasteiger partial charge is 0.133 e. The maximum atomic E-state index is 5.40. The summed E-state index contributed by atoms with van der Waals surface area (Å²) in [6.45, 7) is 8.34. The predicted octanol–water partition coefficient (Wildman–Crippen LogP) is 4.42. The van der Waals surface area contributed by atoms with Crippen LogP contribution in [0, 0.1) is 11.6 Å². The van der Waals surface area contributed by atoms with Gasteiger partial charge in [-0.2, -0.15) is 0 Å². The third-order valence-corrected chi connectivity index (χ3v) is 3.62. The molecule has 4 heteroatoms. The average Bonchev–Trinajstić information content (AvgIpc) is 2.40. The highest BCUT2D eigenvalue weighted by atomic mass is 32.1.